The molecule has 0 aromatic carbocycles. The van der Waals surface area contributed by atoms with Crippen molar-refractivity contribution in [3.63, 3.8) is 0 Å². The first-order valence-corrected chi connectivity index (χ1v) is 6.94. The molecule has 1 aromatic rings. The predicted octanol–water partition coefficient (Wildman–Crippen LogP) is 0.160. The van der Waals surface area contributed by atoms with Gasteiger partial charge in [0, 0.05) is 13.1 Å². The number of esters is 1. The molecule has 0 radical (unpaired) electrons. The lowest BCUT2D eigenvalue weighted by atomic mass is 10.2. The summed E-state index contributed by atoms with van der Waals surface area (Å²) in [5.74, 6) is -0.102. The van der Waals surface area contributed by atoms with E-state index in [0.29, 0.717) is 32.1 Å². The first-order valence-electron chi connectivity index (χ1n) is 6.94. The second-order valence-corrected chi connectivity index (χ2v) is 4.79. The highest BCUT2D eigenvalue weighted by Gasteiger charge is 2.24. The highest BCUT2D eigenvalue weighted by molar-refractivity contribution is 5.82. The molecule has 0 bridgehead atoms. The van der Waals surface area contributed by atoms with Gasteiger partial charge in [-0.3, -0.25) is 14.5 Å². The van der Waals surface area contributed by atoms with Gasteiger partial charge in [-0.05, 0) is 19.1 Å². The number of amides is 1. The smallest absolute Gasteiger partial charge is 0.323 e. The lowest BCUT2D eigenvalue weighted by Gasteiger charge is -2.30. The molecule has 7 heteroatoms. The number of hydrogen-bond donors (Lipinski definition) is 1. The van der Waals surface area contributed by atoms with E-state index in [-0.39, 0.29) is 25.1 Å². The van der Waals surface area contributed by atoms with Crippen LogP contribution in [0.15, 0.2) is 22.8 Å². The van der Waals surface area contributed by atoms with Crippen LogP contribution in [0.1, 0.15) is 12.7 Å². The van der Waals surface area contributed by atoms with Crippen LogP contribution in [-0.2, 0) is 25.6 Å². The topological polar surface area (TPSA) is 81.0 Å². The Bertz CT molecular complexity index is 454. The Morgan fingerprint density at radius 1 is 1.43 bits per heavy atom. The van der Waals surface area contributed by atoms with Gasteiger partial charge in [-0.15, -0.1) is 0 Å². The third-order valence-electron chi connectivity index (χ3n) is 3.32. The number of nitrogens with one attached hydrogen (secondary N) is 1. The van der Waals surface area contributed by atoms with E-state index in [9.17, 15) is 9.59 Å². The Kier molecular flexibility index (Phi) is 5.77. The van der Waals surface area contributed by atoms with Gasteiger partial charge in [0.2, 0.25) is 0 Å². The molecule has 1 unspecified atom stereocenters. The van der Waals surface area contributed by atoms with Crippen LogP contribution in [0.25, 0.3) is 0 Å². The maximum atomic E-state index is 11.9. The third kappa shape index (κ3) is 4.87. The second kappa shape index (κ2) is 7.80. The molecule has 21 heavy (non-hydrogen) atoms. The van der Waals surface area contributed by atoms with E-state index in [0.717, 1.165) is 0 Å². The minimum Gasteiger partial charge on any atom is -0.467 e. The maximum absolute atomic E-state index is 11.9. The van der Waals surface area contributed by atoms with E-state index < -0.39 is 5.97 Å². The van der Waals surface area contributed by atoms with Crippen LogP contribution in [0, 0.1) is 0 Å². The summed E-state index contributed by atoms with van der Waals surface area (Å²) in [4.78, 5) is 25.4. The Hall–Kier alpha value is -1.86. The van der Waals surface area contributed by atoms with E-state index >= 15 is 0 Å². The minimum absolute atomic E-state index is 0.280. The van der Waals surface area contributed by atoms with Crippen molar-refractivity contribution in [2.75, 3.05) is 32.9 Å². The van der Waals surface area contributed by atoms with Gasteiger partial charge in [0.15, 0.2) is 6.61 Å². The Labute approximate surface area is 123 Å². The lowest BCUT2D eigenvalue weighted by molar-refractivity contribution is -0.154. The van der Waals surface area contributed by atoms with Gasteiger partial charge in [-0.2, -0.15) is 0 Å². The molecule has 116 valence electrons. The van der Waals surface area contributed by atoms with Crippen molar-refractivity contribution in [1.29, 1.82) is 0 Å². The van der Waals surface area contributed by atoms with Gasteiger partial charge in [0.1, 0.15) is 11.8 Å². The number of morpholine rings is 1. The standard InChI is InChI=1S/C14H20N2O5/c1-11(16-4-7-19-8-5-16)14(18)21-10-13(17)15-9-12-3-2-6-20-12/h2-3,6,11H,4-5,7-10H2,1H3,(H,15,17). The van der Waals surface area contributed by atoms with E-state index in [4.69, 9.17) is 13.9 Å². The summed E-state index contributed by atoms with van der Waals surface area (Å²) in [6, 6.07) is 3.13. The van der Waals surface area contributed by atoms with Crippen molar-refractivity contribution in [3.8, 4) is 0 Å². The molecule has 7 nitrogen and oxygen atoms in total. The Morgan fingerprint density at radius 3 is 2.86 bits per heavy atom. The average Bonchev–Trinajstić information content (AvgIpc) is 3.04. The zero-order chi connectivity index (χ0) is 15.1. The molecule has 2 rings (SSSR count). The third-order valence-corrected chi connectivity index (χ3v) is 3.32. The van der Waals surface area contributed by atoms with E-state index in [1.165, 1.54) is 6.26 Å². The summed E-state index contributed by atoms with van der Waals surface area (Å²) in [5, 5.41) is 2.62. The SMILES string of the molecule is CC(C(=O)OCC(=O)NCc1ccco1)N1CCOCC1. The first-order chi connectivity index (χ1) is 10.2. The van der Waals surface area contributed by atoms with Gasteiger partial charge in [0.05, 0.1) is 26.0 Å². The number of carbonyl (C=O) groups excluding carboxylic acids is 2. The molecular formula is C14H20N2O5. The molecule has 1 aromatic heterocycles. The molecule has 1 fully saturated rings. The maximum Gasteiger partial charge on any atom is 0.323 e. The number of hydrogen-bond acceptors (Lipinski definition) is 6. The van der Waals surface area contributed by atoms with Crippen LogP contribution in [0.3, 0.4) is 0 Å². The van der Waals surface area contributed by atoms with Gasteiger partial charge in [-0.1, -0.05) is 0 Å². The van der Waals surface area contributed by atoms with Crippen molar-refractivity contribution >= 4 is 11.9 Å². The van der Waals surface area contributed by atoms with Gasteiger partial charge in [0.25, 0.3) is 5.91 Å². The highest BCUT2D eigenvalue weighted by Crippen LogP contribution is 2.05. The summed E-state index contributed by atoms with van der Waals surface area (Å²) in [6.07, 6.45) is 1.53. The second-order valence-electron chi connectivity index (χ2n) is 4.79. The highest BCUT2D eigenvalue weighted by atomic mass is 16.5. The molecule has 0 saturated carbocycles. The largest absolute Gasteiger partial charge is 0.467 e. The fourth-order valence-corrected chi connectivity index (χ4v) is 2.02. The molecule has 1 atom stereocenters. The van der Waals surface area contributed by atoms with Crippen LogP contribution in [-0.4, -0.2) is 55.7 Å². The molecule has 1 saturated heterocycles. The van der Waals surface area contributed by atoms with E-state index in [2.05, 4.69) is 5.32 Å². The zero-order valence-corrected chi connectivity index (χ0v) is 12.0. The van der Waals surface area contributed by atoms with Crippen molar-refractivity contribution in [2.24, 2.45) is 0 Å². The minimum atomic E-state index is -0.398. The molecule has 1 amide bonds. The number of nitrogens with zero attached hydrogens (tertiary/aromatic N) is 1. The fraction of sp³-hybridized carbons (Fsp3) is 0.571. The van der Waals surface area contributed by atoms with Crippen LogP contribution in [0.4, 0.5) is 0 Å². The number of carbonyl (C=O) groups is 2. The summed E-state index contributed by atoms with van der Waals surface area (Å²) in [7, 11) is 0. The molecular weight excluding hydrogens is 276 g/mol. The van der Waals surface area contributed by atoms with Gasteiger partial charge in [-0.25, -0.2) is 0 Å². The van der Waals surface area contributed by atoms with Crippen LogP contribution in [0.5, 0.6) is 0 Å². The van der Waals surface area contributed by atoms with E-state index in [1.807, 2.05) is 4.90 Å². The molecule has 0 aliphatic carbocycles. The number of rotatable bonds is 6. The summed E-state index contributed by atoms with van der Waals surface area (Å²) < 4.78 is 15.3. The molecule has 1 aliphatic heterocycles. The average molecular weight is 296 g/mol. The van der Waals surface area contributed by atoms with Crippen molar-refractivity contribution in [2.45, 2.75) is 19.5 Å². The van der Waals surface area contributed by atoms with Crippen LogP contribution in [0.2, 0.25) is 0 Å². The number of furan rings is 1. The molecule has 1 aliphatic rings. The van der Waals surface area contributed by atoms with Gasteiger partial charge < -0.3 is 19.2 Å². The normalized spacial score (nSPS) is 17.2. The molecule has 1 N–H and O–H groups in total. The van der Waals surface area contributed by atoms with Crippen molar-refractivity contribution in [1.82, 2.24) is 10.2 Å². The zero-order valence-electron chi connectivity index (χ0n) is 12.0. The fourth-order valence-electron chi connectivity index (χ4n) is 2.02. The number of ether oxygens (including phenoxy) is 2. The Balaban J connectivity index is 1.66. The quantitative estimate of drug-likeness (QED) is 0.753. The predicted molar refractivity (Wildman–Crippen MR) is 73.4 cm³/mol. The van der Waals surface area contributed by atoms with Crippen LogP contribution >= 0.6 is 0 Å². The summed E-state index contributed by atoms with van der Waals surface area (Å²) >= 11 is 0. The first kappa shape index (κ1) is 15.5. The van der Waals surface area contributed by atoms with Crippen molar-refractivity contribution < 1.29 is 23.5 Å². The monoisotopic (exact) mass is 296 g/mol. The van der Waals surface area contributed by atoms with E-state index in [1.54, 1.807) is 19.1 Å². The lowest BCUT2D eigenvalue weighted by Crippen LogP contribution is -2.46. The Morgan fingerprint density at radius 2 is 2.19 bits per heavy atom. The molecule has 2 heterocycles. The van der Waals surface area contributed by atoms with Crippen LogP contribution < -0.4 is 5.32 Å². The van der Waals surface area contributed by atoms with Crippen molar-refractivity contribution in [3.05, 3.63) is 24.2 Å². The summed E-state index contributed by atoms with van der Waals surface area (Å²) in [5.41, 5.74) is 0. The summed E-state index contributed by atoms with van der Waals surface area (Å²) in [6.45, 7) is 4.38. The van der Waals surface area contributed by atoms with Gasteiger partial charge >= 0.3 is 5.97 Å². The molecule has 0 spiro atoms.